The van der Waals surface area contributed by atoms with Crippen LogP contribution in [0.2, 0.25) is 0 Å². The fourth-order valence-electron chi connectivity index (χ4n) is 3.01. The number of thiophene rings is 1. The van der Waals surface area contributed by atoms with Gasteiger partial charge in [-0.05, 0) is 23.6 Å². The van der Waals surface area contributed by atoms with Gasteiger partial charge in [-0.3, -0.25) is 4.79 Å². The number of benzene rings is 1. The Morgan fingerprint density at radius 1 is 1.21 bits per heavy atom. The molecule has 122 valence electrons. The van der Waals surface area contributed by atoms with Gasteiger partial charge in [-0.1, -0.05) is 24.3 Å². The van der Waals surface area contributed by atoms with Gasteiger partial charge < -0.3 is 9.64 Å². The van der Waals surface area contributed by atoms with Crippen LogP contribution in [0.4, 0.5) is 0 Å². The van der Waals surface area contributed by atoms with Gasteiger partial charge >= 0.3 is 0 Å². The van der Waals surface area contributed by atoms with Crippen LogP contribution in [0.5, 0.6) is 5.88 Å². The number of rotatable bonds is 4. The molecule has 1 atom stereocenters. The first-order chi connectivity index (χ1) is 11.8. The van der Waals surface area contributed by atoms with E-state index in [0.29, 0.717) is 18.8 Å². The quantitative estimate of drug-likeness (QED) is 0.731. The van der Waals surface area contributed by atoms with Crippen molar-refractivity contribution in [1.82, 2.24) is 9.88 Å². The van der Waals surface area contributed by atoms with Gasteiger partial charge in [0, 0.05) is 29.3 Å². The van der Waals surface area contributed by atoms with E-state index in [0.717, 1.165) is 28.7 Å². The number of likely N-dealkylation sites (tertiary alicyclic amines) is 1. The van der Waals surface area contributed by atoms with E-state index in [1.807, 2.05) is 58.8 Å². The molecule has 24 heavy (non-hydrogen) atoms. The molecule has 5 heteroatoms. The summed E-state index contributed by atoms with van der Waals surface area (Å²) in [6, 6.07) is 15.9. The molecule has 0 bridgehead atoms. The first-order valence-electron chi connectivity index (χ1n) is 8.10. The third-order valence-corrected chi connectivity index (χ3v) is 5.14. The van der Waals surface area contributed by atoms with E-state index in [-0.39, 0.29) is 12.0 Å². The minimum Gasteiger partial charge on any atom is -0.472 e. The summed E-state index contributed by atoms with van der Waals surface area (Å²) in [6.07, 6.45) is 1.36. The number of pyridine rings is 1. The molecule has 3 heterocycles. The topological polar surface area (TPSA) is 42.4 Å². The molecule has 3 aromatic rings. The summed E-state index contributed by atoms with van der Waals surface area (Å²) >= 11 is 1.63. The van der Waals surface area contributed by atoms with E-state index < -0.39 is 0 Å². The van der Waals surface area contributed by atoms with Crippen molar-refractivity contribution in [2.75, 3.05) is 13.1 Å². The van der Waals surface area contributed by atoms with Crippen LogP contribution in [0.25, 0.3) is 10.9 Å². The molecule has 1 aliphatic heterocycles. The Morgan fingerprint density at radius 3 is 3.00 bits per heavy atom. The van der Waals surface area contributed by atoms with Crippen molar-refractivity contribution >= 4 is 28.1 Å². The van der Waals surface area contributed by atoms with Crippen molar-refractivity contribution in [2.24, 2.45) is 0 Å². The summed E-state index contributed by atoms with van der Waals surface area (Å²) in [4.78, 5) is 19.9. The lowest BCUT2D eigenvalue weighted by Crippen LogP contribution is -2.32. The Morgan fingerprint density at radius 2 is 2.12 bits per heavy atom. The Hall–Kier alpha value is -2.40. The zero-order chi connectivity index (χ0) is 16.4. The summed E-state index contributed by atoms with van der Waals surface area (Å²) in [5, 5.41) is 3.10. The lowest BCUT2D eigenvalue weighted by Gasteiger charge is -2.16. The normalized spacial score (nSPS) is 17.3. The highest BCUT2D eigenvalue weighted by Crippen LogP contribution is 2.21. The SMILES string of the molecule is O=C(Cc1cccs1)N1CC[C@@H](Oc2ccc3ccccc3n2)C1. The Labute approximate surface area is 144 Å². The molecule has 0 saturated carbocycles. The van der Waals surface area contributed by atoms with Gasteiger partial charge in [-0.25, -0.2) is 4.98 Å². The van der Waals surface area contributed by atoms with E-state index in [4.69, 9.17) is 4.74 Å². The van der Waals surface area contributed by atoms with Gasteiger partial charge in [0.2, 0.25) is 11.8 Å². The average molecular weight is 338 g/mol. The molecule has 0 radical (unpaired) electrons. The second kappa shape index (κ2) is 6.61. The minimum absolute atomic E-state index is 0.0194. The van der Waals surface area contributed by atoms with E-state index >= 15 is 0 Å². The van der Waals surface area contributed by atoms with E-state index in [1.165, 1.54) is 0 Å². The third kappa shape index (κ3) is 3.26. The molecule has 0 aliphatic carbocycles. The molecule has 2 aromatic heterocycles. The summed E-state index contributed by atoms with van der Waals surface area (Å²) < 4.78 is 6.00. The van der Waals surface area contributed by atoms with E-state index in [9.17, 15) is 4.79 Å². The van der Waals surface area contributed by atoms with Gasteiger partial charge in [-0.15, -0.1) is 11.3 Å². The van der Waals surface area contributed by atoms with Crippen molar-refractivity contribution in [3.63, 3.8) is 0 Å². The van der Waals surface area contributed by atoms with Gasteiger partial charge in [-0.2, -0.15) is 0 Å². The Bertz CT molecular complexity index is 847. The predicted molar refractivity (Wildman–Crippen MR) is 95.4 cm³/mol. The molecule has 1 amide bonds. The second-order valence-electron chi connectivity index (χ2n) is 5.97. The summed E-state index contributed by atoms with van der Waals surface area (Å²) in [6.45, 7) is 1.39. The van der Waals surface area contributed by atoms with Crippen molar-refractivity contribution in [3.8, 4) is 5.88 Å². The van der Waals surface area contributed by atoms with Crippen molar-refractivity contribution in [1.29, 1.82) is 0 Å². The molecular formula is C19H18N2O2S. The van der Waals surface area contributed by atoms with Crippen LogP contribution in [-0.2, 0) is 11.2 Å². The zero-order valence-electron chi connectivity index (χ0n) is 13.2. The number of nitrogens with zero attached hydrogens (tertiary/aromatic N) is 2. The number of aromatic nitrogens is 1. The first kappa shape index (κ1) is 15.1. The second-order valence-corrected chi connectivity index (χ2v) is 7.00. The van der Waals surface area contributed by atoms with E-state index in [1.54, 1.807) is 11.3 Å². The number of para-hydroxylation sites is 1. The van der Waals surface area contributed by atoms with Gasteiger partial charge in [0.05, 0.1) is 18.5 Å². The third-order valence-electron chi connectivity index (χ3n) is 4.26. The average Bonchev–Trinajstić information content (AvgIpc) is 3.27. The molecule has 1 aliphatic rings. The van der Waals surface area contributed by atoms with E-state index in [2.05, 4.69) is 4.98 Å². The van der Waals surface area contributed by atoms with Gasteiger partial charge in [0.1, 0.15) is 6.10 Å². The van der Waals surface area contributed by atoms with Crippen LogP contribution in [0.15, 0.2) is 53.9 Å². The number of ether oxygens (including phenoxy) is 1. The molecule has 4 rings (SSSR count). The number of hydrogen-bond acceptors (Lipinski definition) is 4. The molecule has 0 spiro atoms. The largest absolute Gasteiger partial charge is 0.472 e. The van der Waals surface area contributed by atoms with Crippen LogP contribution in [0, 0.1) is 0 Å². The van der Waals surface area contributed by atoms with Crippen molar-refractivity contribution < 1.29 is 9.53 Å². The Balaban J connectivity index is 1.38. The molecule has 1 aromatic carbocycles. The number of hydrogen-bond donors (Lipinski definition) is 0. The maximum absolute atomic E-state index is 12.3. The van der Waals surface area contributed by atoms with Crippen LogP contribution < -0.4 is 4.74 Å². The summed E-state index contributed by atoms with van der Waals surface area (Å²) in [7, 11) is 0. The molecule has 1 fully saturated rings. The smallest absolute Gasteiger partial charge is 0.227 e. The first-order valence-corrected chi connectivity index (χ1v) is 8.98. The molecule has 0 N–H and O–H groups in total. The highest BCUT2D eigenvalue weighted by molar-refractivity contribution is 7.10. The van der Waals surface area contributed by atoms with Crippen molar-refractivity contribution in [3.05, 3.63) is 58.8 Å². The monoisotopic (exact) mass is 338 g/mol. The van der Waals surface area contributed by atoms with Crippen LogP contribution in [-0.4, -0.2) is 35.0 Å². The zero-order valence-corrected chi connectivity index (χ0v) is 14.0. The van der Waals surface area contributed by atoms with Crippen LogP contribution in [0.3, 0.4) is 0 Å². The lowest BCUT2D eigenvalue weighted by atomic mass is 10.2. The molecular weight excluding hydrogens is 320 g/mol. The van der Waals surface area contributed by atoms with Crippen molar-refractivity contribution in [2.45, 2.75) is 18.9 Å². The molecule has 1 saturated heterocycles. The van der Waals surface area contributed by atoms with Crippen LogP contribution in [0.1, 0.15) is 11.3 Å². The number of carbonyl (C=O) groups is 1. The Kier molecular flexibility index (Phi) is 4.17. The highest BCUT2D eigenvalue weighted by Gasteiger charge is 2.28. The number of carbonyl (C=O) groups excluding carboxylic acids is 1. The lowest BCUT2D eigenvalue weighted by molar-refractivity contribution is -0.129. The summed E-state index contributed by atoms with van der Waals surface area (Å²) in [5.74, 6) is 0.807. The van der Waals surface area contributed by atoms with Crippen LogP contribution >= 0.6 is 11.3 Å². The highest BCUT2D eigenvalue weighted by atomic mass is 32.1. The maximum atomic E-state index is 12.3. The van der Waals surface area contributed by atoms with Gasteiger partial charge in [0.15, 0.2) is 0 Å². The summed E-state index contributed by atoms with van der Waals surface area (Å²) in [5.41, 5.74) is 0.929. The predicted octanol–water partition coefficient (Wildman–Crippen LogP) is 3.52. The standard InChI is InChI=1S/C19H18N2O2S/c22-19(12-16-5-3-11-24-16)21-10-9-15(13-21)23-18-8-7-14-4-1-2-6-17(14)20-18/h1-8,11,15H,9-10,12-13H2/t15-/m1/s1. The van der Waals surface area contributed by atoms with Gasteiger partial charge in [0.25, 0.3) is 0 Å². The fraction of sp³-hybridized carbons (Fsp3) is 0.263. The molecule has 4 nitrogen and oxygen atoms in total. The molecule has 0 unspecified atom stereocenters. The fourth-order valence-corrected chi connectivity index (χ4v) is 3.70. The number of fused-ring (bicyclic) bond motifs is 1. The minimum atomic E-state index is 0.0194. The maximum Gasteiger partial charge on any atom is 0.227 e. The number of amides is 1.